The Morgan fingerprint density at radius 2 is 2.05 bits per heavy atom. The highest BCUT2D eigenvalue weighted by molar-refractivity contribution is 9.10. The van der Waals surface area contributed by atoms with Crippen LogP contribution in [0, 0.1) is 6.92 Å². The molecule has 0 bridgehead atoms. The normalized spacial score (nSPS) is 10.9. The maximum atomic E-state index is 11.8. The van der Waals surface area contributed by atoms with Crippen molar-refractivity contribution in [1.29, 1.82) is 0 Å². The van der Waals surface area contributed by atoms with Crippen molar-refractivity contribution >= 4 is 31.9 Å². The third-order valence-corrected chi connectivity index (χ3v) is 4.34. The molecule has 102 valence electrons. The van der Waals surface area contributed by atoms with Crippen molar-refractivity contribution in [3.05, 3.63) is 47.4 Å². The van der Waals surface area contributed by atoms with E-state index in [2.05, 4.69) is 41.9 Å². The van der Waals surface area contributed by atoms with Crippen molar-refractivity contribution in [3.63, 3.8) is 0 Å². The third-order valence-electron chi connectivity index (χ3n) is 2.74. The molecule has 2 aromatic rings. The molecule has 2 aromatic heterocycles. The smallest absolute Gasteiger partial charge is 0.293 e. The average Bonchev–Trinajstić information content (AvgIpc) is 2.63. The van der Waals surface area contributed by atoms with Gasteiger partial charge < -0.3 is 0 Å². The van der Waals surface area contributed by atoms with Gasteiger partial charge in [0.1, 0.15) is 0 Å². The molecule has 1 N–H and O–H groups in total. The topological polar surface area (TPSA) is 72.7 Å². The van der Waals surface area contributed by atoms with E-state index in [0.29, 0.717) is 17.6 Å². The van der Waals surface area contributed by atoms with E-state index in [0.717, 1.165) is 15.9 Å². The van der Waals surface area contributed by atoms with Crippen LogP contribution < -0.4 is 11.2 Å². The fraction of sp³-hybridized carbons (Fsp3) is 0.364. The van der Waals surface area contributed by atoms with Gasteiger partial charge in [0.05, 0.1) is 26.9 Å². The number of nitrogens with one attached hydrogen (secondary N) is 1. The SMILES string of the molecule is CCn1nc(C)c(Br)c1Cn1cc(Br)c(=O)[nH]c1=O. The summed E-state index contributed by atoms with van der Waals surface area (Å²) in [6, 6.07) is 0. The van der Waals surface area contributed by atoms with E-state index >= 15 is 0 Å². The first-order valence-corrected chi connectivity index (χ1v) is 7.23. The Morgan fingerprint density at radius 3 is 2.68 bits per heavy atom. The Labute approximate surface area is 125 Å². The van der Waals surface area contributed by atoms with Gasteiger partial charge in [0.15, 0.2) is 0 Å². The first-order chi connectivity index (χ1) is 8.93. The first-order valence-electron chi connectivity index (χ1n) is 5.65. The highest BCUT2D eigenvalue weighted by Gasteiger charge is 2.13. The van der Waals surface area contributed by atoms with Crippen LogP contribution in [0.25, 0.3) is 0 Å². The molecule has 0 unspecified atom stereocenters. The molecule has 0 fully saturated rings. The Morgan fingerprint density at radius 1 is 1.37 bits per heavy atom. The zero-order valence-electron chi connectivity index (χ0n) is 10.4. The first kappa shape index (κ1) is 14.3. The van der Waals surface area contributed by atoms with Crippen LogP contribution in [0.3, 0.4) is 0 Å². The van der Waals surface area contributed by atoms with Crippen LogP contribution >= 0.6 is 31.9 Å². The molecule has 0 atom stereocenters. The Hall–Kier alpha value is -1.15. The van der Waals surface area contributed by atoms with E-state index < -0.39 is 11.2 Å². The maximum Gasteiger partial charge on any atom is 0.328 e. The van der Waals surface area contributed by atoms with Crippen molar-refractivity contribution in [3.8, 4) is 0 Å². The van der Waals surface area contributed by atoms with Gasteiger partial charge in [-0.15, -0.1) is 0 Å². The van der Waals surface area contributed by atoms with E-state index in [-0.39, 0.29) is 0 Å². The molecular formula is C11H12Br2N4O2. The fourth-order valence-electron chi connectivity index (χ4n) is 1.78. The van der Waals surface area contributed by atoms with Gasteiger partial charge in [-0.3, -0.25) is 19.0 Å². The Kier molecular flexibility index (Phi) is 4.10. The summed E-state index contributed by atoms with van der Waals surface area (Å²) in [7, 11) is 0. The van der Waals surface area contributed by atoms with E-state index in [9.17, 15) is 9.59 Å². The molecule has 0 amide bonds. The number of halogens is 2. The van der Waals surface area contributed by atoms with E-state index in [1.165, 1.54) is 10.8 Å². The minimum atomic E-state index is -0.443. The highest BCUT2D eigenvalue weighted by atomic mass is 79.9. The summed E-state index contributed by atoms with van der Waals surface area (Å²) < 4.78 is 4.45. The zero-order valence-corrected chi connectivity index (χ0v) is 13.6. The molecule has 0 spiro atoms. The van der Waals surface area contributed by atoms with Crippen LogP contribution in [-0.4, -0.2) is 19.3 Å². The lowest BCUT2D eigenvalue weighted by Crippen LogP contribution is -2.30. The monoisotopic (exact) mass is 390 g/mol. The van der Waals surface area contributed by atoms with Crippen molar-refractivity contribution in [1.82, 2.24) is 19.3 Å². The second-order valence-corrected chi connectivity index (χ2v) is 5.67. The molecule has 2 heterocycles. The van der Waals surface area contributed by atoms with Crippen LogP contribution in [0.5, 0.6) is 0 Å². The second kappa shape index (κ2) is 5.46. The van der Waals surface area contributed by atoms with Gasteiger partial charge in [0.25, 0.3) is 5.56 Å². The van der Waals surface area contributed by atoms with Crippen molar-refractivity contribution in [2.24, 2.45) is 0 Å². The van der Waals surface area contributed by atoms with Crippen LogP contribution in [0.15, 0.2) is 24.7 Å². The molecule has 2 rings (SSSR count). The summed E-state index contributed by atoms with van der Waals surface area (Å²) >= 11 is 6.59. The summed E-state index contributed by atoms with van der Waals surface area (Å²) in [5, 5.41) is 4.37. The predicted molar refractivity (Wildman–Crippen MR) is 78.5 cm³/mol. The predicted octanol–water partition coefficient (Wildman–Crippen LogP) is 1.63. The van der Waals surface area contributed by atoms with Gasteiger partial charge in [-0.2, -0.15) is 5.10 Å². The van der Waals surface area contributed by atoms with Gasteiger partial charge in [0, 0.05) is 12.7 Å². The second-order valence-electron chi connectivity index (χ2n) is 4.03. The molecule has 8 heteroatoms. The molecule has 0 saturated heterocycles. The lowest BCUT2D eigenvalue weighted by atomic mass is 10.3. The number of H-pyrrole nitrogens is 1. The molecule has 0 aliphatic heterocycles. The van der Waals surface area contributed by atoms with Crippen LogP contribution in [0.2, 0.25) is 0 Å². The average molecular weight is 392 g/mol. The van der Waals surface area contributed by atoms with Crippen LogP contribution in [0.4, 0.5) is 0 Å². The summed E-state index contributed by atoms with van der Waals surface area (Å²) in [6.45, 7) is 4.92. The standard InChI is InChI=1S/C11H12Br2N4O2/c1-3-17-8(9(13)6(2)15-17)5-16-4-7(12)10(18)14-11(16)19/h4H,3,5H2,1-2H3,(H,14,18,19). The molecule has 0 aliphatic rings. The van der Waals surface area contributed by atoms with Gasteiger partial charge in [-0.1, -0.05) is 0 Å². The summed E-state index contributed by atoms with van der Waals surface area (Å²) in [6.07, 6.45) is 1.48. The number of aromatic amines is 1. The Balaban J connectivity index is 2.50. The van der Waals surface area contributed by atoms with Crippen LogP contribution in [-0.2, 0) is 13.1 Å². The molecular weight excluding hydrogens is 380 g/mol. The van der Waals surface area contributed by atoms with Crippen molar-refractivity contribution in [2.75, 3.05) is 0 Å². The lowest BCUT2D eigenvalue weighted by molar-refractivity contribution is 0.584. The summed E-state index contributed by atoms with van der Waals surface area (Å²) in [5.41, 5.74) is 0.886. The summed E-state index contributed by atoms with van der Waals surface area (Å²) in [5.74, 6) is 0. The molecule has 6 nitrogen and oxygen atoms in total. The summed E-state index contributed by atoms with van der Waals surface area (Å²) in [4.78, 5) is 25.3. The number of nitrogens with zero attached hydrogens (tertiary/aromatic N) is 3. The van der Waals surface area contributed by atoms with Gasteiger partial charge in [-0.05, 0) is 45.7 Å². The lowest BCUT2D eigenvalue weighted by Gasteiger charge is -2.08. The van der Waals surface area contributed by atoms with E-state index in [1.807, 2.05) is 18.5 Å². The zero-order chi connectivity index (χ0) is 14.2. The van der Waals surface area contributed by atoms with Gasteiger partial charge >= 0.3 is 5.69 Å². The molecule has 0 aliphatic carbocycles. The van der Waals surface area contributed by atoms with Crippen molar-refractivity contribution < 1.29 is 0 Å². The van der Waals surface area contributed by atoms with E-state index in [4.69, 9.17) is 0 Å². The molecule has 0 saturated carbocycles. The minimum absolute atomic E-state index is 0.322. The quantitative estimate of drug-likeness (QED) is 0.864. The van der Waals surface area contributed by atoms with Gasteiger partial charge in [-0.25, -0.2) is 4.79 Å². The maximum absolute atomic E-state index is 11.8. The van der Waals surface area contributed by atoms with Gasteiger partial charge in [0.2, 0.25) is 0 Å². The fourth-order valence-corrected chi connectivity index (χ4v) is 2.54. The van der Waals surface area contributed by atoms with Crippen LogP contribution in [0.1, 0.15) is 18.3 Å². The number of hydrogen-bond acceptors (Lipinski definition) is 3. The number of hydrogen-bond donors (Lipinski definition) is 1. The molecule has 19 heavy (non-hydrogen) atoms. The molecule has 0 radical (unpaired) electrons. The largest absolute Gasteiger partial charge is 0.328 e. The number of aromatic nitrogens is 4. The third kappa shape index (κ3) is 2.74. The Bertz CT molecular complexity index is 729. The van der Waals surface area contributed by atoms with Crippen molar-refractivity contribution in [2.45, 2.75) is 26.9 Å². The number of rotatable bonds is 3. The van der Waals surface area contributed by atoms with E-state index in [1.54, 1.807) is 0 Å². The highest BCUT2D eigenvalue weighted by Crippen LogP contribution is 2.21. The number of aryl methyl sites for hydroxylation is 2. The molecule has 0 aromatic carbocycles. The minimum Gasteiger partial charge on any atom is -0.293 e.